The molecule has 0 radical (unpaired) electrons. The van der Waals surface area contributed by atoms with E-state index >= 15 is 0 Å². The Balaban J connectivity index is 2.18. The first kappa shape index (κ1) is 47.2. The maximum atomic E-state index is 12.1. The number of hydrogen-bond donors (Lipinski definition) is 2. The Morgan fingerprint density at radius 3 is 0.946 bits per heavy atom. The highest BCUT2D eigenvalue weighted by molar-refractivity contribution is 7.80. The molecule has 0 aromatic heterocycles. The third-order valence-corrected chi connectivity index (χ3v) is 7.52. The molecule has 2 aliphatic rings. The van der Waals surface area contributed by atoms with E-state index in [-0.39, 0.29) is 23.6 Å². The van der Waals surface area contributed by atoms with Gasteiger partial charge in [0.2, 0.25) is 0 Å². The van der Waals surface area contributed by atoms with Crippen LogP contribution in [-0.2, 0) is 95.2 Å². The van der Waals surface area contributed by atoms with Gasteiger partial charge in [-0.3, -0.25) is 38.4 Å². The fraction of sp³-hybridized carbons (Fsp3) is 0.688. The maximum Gasteiger partial charge on any atom is 0.303 e. The minimum absolute atomic E-state index is 0.294. The van der Waals surface area contributed by atoms with Gasteiger partial charge < -0.3 is 67.5 Å². The van der Waals surface area contributed by atoms with E-state index in [1.807, 2.05) is 0 Å². The molecule has 0 spiro atoms. The van der Waals surface area contributed by atoms with E-state index < -0.39 is 122 Å². The van der Waals surface area contributed by atoms with Gasteiger partial charge in [-0.25, -0.2) is 0 Å². The zero-order valence-electron chi connectivity index (χ0n) is 31.6. The highest BCUT2D eigenvalue weighted by Gasteiger charge is 2.54. The van der Waals surface area contributed by atoms with Crippen molar-refractivity contribution in [1.29, 1.82) is 0 Å². The lowest BCUT2D eigenvalue weighted by atomic mass is 9.97. The molecular weight excluding hydrogens is 796 g/mol. The Bertz CT molecular complexity index is 1390. The molecule has 10 atom stereocenters. The first-order valence-electron chi connectivity index (χ1n) is 16.7. The van der Waals surface area contributed by atoms with Crippen LogP contribution in [0.4, 0.5) is 0 Å². The zero-order valence-corrected chi connectivity index (χ0v) is 33.2. The summed E-state index contributed by atoms with van der Waals surface area (Å²) in [6.07, 6.45) is -14.0. The van der Waals surface area contributed by atoms with Crippen molar-refractivity contribution in [3.05, 3.63) is 0 Å². The summed E-state index contributed by atoms with van der Waals surface area (Å²) in [5.41, 5.74) is 0. The van der Waals surface area contributed by atoms with Crippen molar-refractivity contribution in [2.45, 2.75) is 117 Å². The molecule has 2 heterocycles. The van der Waals surface area contributed by atoms with Crippen molar-refractivity contribution >= 4 is 82.5 Å². The SMILES string of the molecule is CC(=O)OC[C@H]1O[C@@H](NC(=S)OCCOC(=S)N[C@@H]2O[C@H](COC(C)=O)[C@@H](OC(C)=O)[C@H](OC(C)=O)[C@H]2OC(C)=O)[C@H](OC(C)=O)[C@@H](OC(C)=O)[C@@H]1OC(C)=O. The Kier molecular flexibility index (Phi) is 19.0. The van der Waals surface area contributed by atoms with Crippen LogP contribution in [0.15, 0.2) is 0 Å². The standard InChI is InChI=1S/C32H44N2O20S2/c1-13(35)45-11-21-23(47-15(3)37)25(49-17(5)39)27(51-19(7)41)29(53-21)33-31(55)43-9-10-44-32(56)34-30-28(52-20(8)42)26(50-18(6)40)24(48-16(4)38)22(54-30)12-46-14(2)36/h21-30H,9-12H2,1-8H3,(H,33,55)(H,34,56)/t21-,22-,23-,24-,25+,26+,27-,28-,29-,30-/m1/s1. The van der Waals surface area contributed by atoms with Gasteiger partial charge in [0.05, 0.1) is 0 Å². The highest BCUT2D eigenvalue weighted by Crippen LogP contribution is 2.30. The van der Waals surface area contributed by atoms with Gasteiger partial charge in [0, 0.05) is 55.4 Å². The quantitative estimate of drug-likeness (QED) is 0.0860. The van der Waals surface area contributed by atoms with E-state index in [1.54, 1.807) is 0 Å². The first-order chi connectivity index (χ1) is 26.2. The van der Waals surface area contributed by atoms with Crippen LogP contribution in [0.1, 0.15) is 55.4 Å². The number of ether oxygens (including phenoxy) is 12. The highest BCUT2D eigenvalue weighted by atomic mass is 32.1. The molecule has 314 valence electrons. The lowest BCUT2D eigenvalue weighted by molar-refractivity contribution is -0.255. The first-order valence-corrected chi connectivity index (χ1v) is 17.5. The van der Waals surface area contributed by atoms with E-state index in [1.165, 1.54) is 0 Å². The minimum Gasteiger partial charge on any atom is -0.467 e. The predicted molar refractivity (Wildman–Crippen MR) is 187 cm³/mol. The molecular formula is C32H44N2O20S2. The Morgan fingerprint density at radius 2 is 0.679 bits per heavy atom. The van der Waals surface area contributed by atoms with Gasteiger partial charge in [-0.1, -0.05) is 0 Å². The molecule has 0 bridgehead atoms. The zero-order chi connectivity index (χ0) is 42.3. The number of carbonyl (C=O) groups is 8. The molecule has 22 nitrogen and oxygen atoms in total. The summed E-state index contributed by atoms with van der Waals surface area (Å²) in [6.45, 7) is 7.15. The summed E-state index contributed by atoms with van der Waals surface area (Å²) in [6, 6.07) is 0. The van der Waals surface area contributed by atoms with E-state index in [0.29, 0.717) is 0 Å². The number of nitrogens with one attached hydrogen (secondary N) is 2. The van der Waals surface area contributed by atoms with Crippen molar-refractivity contribution in [1.82, 2.24) is 10.6 Å². The van der Waals surface area contributed by atoms with Gasteiger partial charge in [0.15, 0.2) is 49.1 Å². The van der Waals surface area contributed by atoms with E-state index in [2.05, 4.69) is 10.6 Å². The third-order valence-electron chi connectivity index (χ3n) is 7.05. The van der Waals surface area contributed by atoms with Crippen molar-refractivity contribution < 1.29 is 95.2 Å². The smallest absolute Gasteiger partial charge is 0.303 e. The molecule has 2 aliphatic heterocycles. The lowest BCUT2D eigenvalue weighted by Crippen LogP contribution is -2.66. The number of hydrogen-bond acceptors (Lipinski definition) is 22. The number of rotatable bonds is 15. The Labute approximate surface area is 331 Å². The largest absolute Gasteiger partial charge is 0.467 e. The van der Waals surface area contributed by atoms with Crippen LogP contribution >= 0.6 is 24.4 Å². The number of carbonyl (C=O) groups excluding carboxylic acids is 8. The summed E-state index contributed by atoms with van der Waals surface area (Å²) >= 11 is 10.5. The monoisotopic (exact) mass is 840 g/mol. The van der Waals surface area contributed by atoms with Crippen LogP contribution in [0.5, 0.6) is 0 Å². The van der Waals surface area contributed by atoms with Crippen LogP contribution in [0.3, 0.4) is 0 Å². The van der Waals surface area contributed by atoms with Crippen molar-refractivity contribution in [3.63, 3.8) is 0 Å². The molecule has 0 aromatic rings. The van der Waals surface area contributed by atoms with Gasteiger partial charge in [0.25, 0.3) is 10.3 Å². The minimum atomic E-state index is -1.47. The van der Waals surface area contributed by atoms with E-state index in [9.17, 15) is 38.4 Å². The van der Waals surface area contributed by atoms with Crippen LogP contribution in [0, 0.1) is 0 Å². The van der Waals surface area contributed by atoms with Crippen LogP contribution in [0.25, 0.3) is 0 Å². The fourth-order valence-electron chi connectivity index (χ4n) is 5.27. The maximum absolute atomic E-state index is 12.1. The molecule has 0 unspecified atom stereocenters. The normalized spacial score (nSPS) is 26.7. The number of thiocarbonyl (C=S) groups is 2. The molecule has 0 amide bonds. The number of esters is 8. The molecule has 0 saturated carbocycles. The second-order valence-corrected chi connectivity index (χ2v) is 12.5. The topological polar surface area (TPSA) is 271 Å². The average molecular weight is 841 g/mol. The summed E-state index contributed by atoms with van der Waals surface area (Å²) in [4.78, 5) is 95.3. The van der Waals surface area contributed by atoms with Crippen molar-refractivity contribution in [2.24, 2.45) is 0 Å². The summed E-state index contributed by atoms with van der Waals surface area (Å²) < 4.78 is 65.0. The molecule has 2 rings (SSSR count). The Hall–Kier alpha value is -4.94. The molecule has 24 heteroatoms. The lowest BCUT2D eigenvalue weighted by Gasteiger charge is -2.44. The third kappa shape index (κ3) is 16.0. The molecule has 2 saturated heterocycles. The van der Waals surface area contributed by atoms with Gasteiger partial charge in [-0.2, -0.15) is 0 Å². The van der Waals surface area contributed by atoms with Gasteiger partial charge in [-0.05, 0) is 24.4 Å². The van der Waals surface area contributed by atoms with Crippen molar-refractivity contribution in [2.75, 3.05) is 26.4 Å². The second-order valence-electron chi connectivity index (χ2n) is 11.8. The van der Waals surface area contributed by atoms with Crippen LogP contribution in [0.2, 0.25) is 0 Å². The van der Waals surface area contributed by atoms with Gasteiger partial charge in [-0.15, -0.1) is 0 Å². The molecule has 2 fully saturated rings. The predicted octanol–water partition coefficient (Wildman–Crippen LogP) is -1.07. The van der Waals surface area contributed by atoms with Gasteiger partial charge >= 0.3 is 47.8 Å². The molecule has 0 aliphatic carbocycles. The molecule has 56 heavy (non-hydrogen) atoms. The summed E-state index contributed by atoms with van der Waals surface area (Å²) in [7, 11) is 0. The fourth-order valence-corrected chi connectivity index (χ4v) is 5.67. The van der Waals surface area contributed by atoms with Crippen LogP contribution in [-0.4, -0.2) is 146 Å². The van der Waals surface area contributed by atoms with Gasteiger partial charge in [0.1, 0.15) is 38.6 Å². The Morgan fingerprint density at radius 1 is 0.411 bits per heavy atom. The second kappa shape index (κ2) is 22.6. The van der Waals surface area contributed by atoms with E-state index in [4.69, 9.17) is 81.3 Å². The average Bonchev–Trinajstić information content (AvgIpc) is 3.05. The summed E-state index contributed by atoms with van der Waals surface area (Å²) in [5.74, 6) is -6.35. The van der Waals surface area contributed by atoms with Crippen LogP contribution < -0.4 is 10.6 Å². The summed E-state index contributed by atoms with van der Waals surface area (Å²) in [5, 5.41) is 4.62. The molecule has 2 N–H and O–H groups in total. The van der Waals surface area contributed by atoms with E-state index in [0.717, 1.165) is 55.4 Å². The van der Waals surface area contributed by atoms with Crippen molar-refractivity contribution in [3.8, 4) is 0 Å². The molecule has 0 aromatic carbocycles.